The van der Waals surface area contributed by atoms with Crippen molar-refractivity contribution >= 4 is 35.1 Å². The first kappa shape index (κ1) is 15.1. The normalized spacial score (nSPS) is 22.0. The van der Waals surface area contributed by atoms with Crippen LogP contribution >= 0.6 is 11.8 Å². The molecule has 0 aromatic carbocycles. The number of anilines is 2. The summed E-state index contributed by atoms with van der Waals surface area (Å²) in [5.74, 6) is 1.75. The quantitative estimate of drug-likeness (QED) is 0.885. The van der Waals surface area contributed by atoms with Gasteiger partial charge in [0.05, 0.1) is 17.8 Å². The van der Waals surface area contributed by atoms with Crippen LogP contribution in [0.3, 0.4) is 0 Å². The van der Waals surface area contributed by atoms with Crippen LogP contribution in [-0.2, 0) is 9.59 Å². The summed E-state index contributed by atoms with van der Waals surface area (Å²) in [4.78, 5) is 30.7. The third-order valence-corrected chi connectivity index (χ3v) is 5.24. The van der Waals surface area contributed by atoms with Crippen molar-refractivity contribution in [3.63, 3.8) is 0 Å². The Balaban J connectivity index is 1.65. The Hall–Kier alpha value is -1.76. The first-order valence-electron chi connectivity index (χ1n) is 7.56. The van der Waals surface area contributed by atoms with Crippen molar-refractivity contribution in [3.05, 3.63) is 18.3 Å². The minimum absolute atomic E-state index is 0.104. The zero-order valence-electron chi connectivity index (χ0n) is 12.3. The van der Waals surface area contributed by atoms with E-state index in [1.165, 1.54) is 6.20 Å². The van der Waals surface area contributed by atoms with E-state index in [9.17, 15) is 9.59 Å². The van der Waals surface area contributed by atoms with E-state index in [0.29, 0.717) is 23.1 Å². The lowest BCUT2D eigenvalue weighted by Crippen LogP contribution is -2.46. The average Bonchev–Trinajstić information content (AvgIpc) is 3.20. The van der Waals surface area contributed by atoms with Crippen molar-refractivity contribution in [1.29, 1.82) is 0 Å². The van der Waals surface area contributed by atoms with Gasteiger partial charge in [-0.2, -0.15) is 0 Å². The maximum atomic E-state index is 12.6. The van der Waals surface area contributed by atoms with Gasteiger partial charge in [0.25, 0.3) is 0 Å². The van der Waals surface area contributed by atoms with Crippen LogP contribution in [-0.4, -0.2) is 39.4 Å². The van der Waals surface area contributed by atoms with Gasteiger partial charge in [-0.3, -0.25) is 9.59 Å². The van der Waals surface area contributed by atoms with E-state index in [0.717, 1.165) is 25.7 Å². The fourth-order valence-corrected chi connectivity index (χ4v) is 4.15. The molecule has 0 radical (unpaired) electrons. The number of pyridine rings is 1. The molecular weight excluding hydrogens is 300 g/mol. The van der Waals surface area contributed by atoms with Crippen molar-refractivity contribution in [2.75, 3.05) is 22.7 Å². The van der Waals surface area contributed by atoms with Gasteiger partial charge in [0.15, 0.2) is 0 Å². The second kappa shape index (κ2) is 6.56. The number of amides is 2. The van der Waals surface area contributed by atoms with E-state index >= 15 is 0 Å². The molecular formula is C15H20N4O2S. The second-order valence-corrected chi connectivity index (χ2v) is 6.77. The van der Waals surface area contributed by atoms with E-state index in [1.807, 2.05) is 0 Å². The summed E-state index contributed by atoms with van der Waals surface area (Å²) < 4.78 is 0. The molecule has 1 saturated carbocycles. The molecule has 1 aromatic rings. The maximum absolute atomic E-state index is 12.6. The number of nitrogens with two attached hydrogens (primary N) is 1. The van der Waals surface area contributed by atoms with Crippen molar-refractivity contribution in [3.8, 4) is 0 Å². The fourth-order valence-electron chi connectivity index (χ4n) is 2.99. The lowest BCUT2D eigenvalue weighted by molar-refractivity contribution is -0.139. The van der Waals surface area contributed by atoms with E-state index in [2.05, 4.69) is 10.3 Å². The molecule has 1 aliphatic heterocycles. The summed E-state index contributed by atoms with van der Waals surface area (Å²) in [6.07, 6.45) is 5.67. The number of nitrogens with zero attached hydrogens (tertiary/aromatic N) is 2. The Labute approximate surface area is 133 Å². The third kappa shape index (κ3) is 3.19. The van der Waals surface area contributed by atoms with Gasteiger partial charge in [0.2, 0.25) is 11.8 Å². The molecule has 7 heteroatoms. The number of rotatable bonds is 3. The van der Waals surface area contributed by atoms with Crippen LogP contribution in [0.5, 0.6) is 0 Å². The van der Waals surface area contributed by atoms with Crippen LogP contribution in [0.15, 0.2) is 18.3 Å². The molecule has 3 N–H and O–H groups in total. The standard InChI is InChI=1S/C15H20N4O2S/c16-13-6-5-11(7-17-13)18-14(20)12-8-22-9-19(12)15(21)10-3-1-2-4-10/h5-7,10,12H,1-4,8-9H2,(H2,16,17)(H,18,20). The zero-order chi connectivity index (χ0) is 15.5. The molecule has 6 nitrogen and oxygen atoms in total. The molecule has 2 amide bonds. The Kier molecular flexibility index (Phi) is 4.52. The zero-order valence-corrected chi connectivity index (χ0v) is 13.1. The predicted molar refractivity (Wildman–Crippen MR) is 87.2 cm³/mol. The molecule has 2 heterocycles. The SMILES string of the molecule is Nc1ccc(NC(=O)C2CSCN2C(=O)C2CCCC2)cn1. The molecule has 22 heavy (non-hydrogen) atoms. The van der Waals surface area contributed by atoms with E-state index in [-0.39, 0.29) is 17.7 Å². The average molecular weight is 320 g/mol. The van der Waals surface area contributed by atoms with E-state index in [1.54, 1.807) is 28.8 Å². The van der Waals surface area contributed by atoms with Gasteiger partial charge in [-0.05, 0) is 25.0 Å². The summed E-state index contributed by atoms with van der Waals surface area (Å²) >= 11 is 1.63. The minimum atomic E-state index is -0.393. The summed E-state index contributed by atoms with van der Waals surface area (Å²) in [5.41, 5.74) is 6.13. The predicted octanol–water partition coefficient (Wildman–Crippen LogP) is 1.69. The number of thioether (sulfide) groups is 1. The highest BCUT2D eigenvalue weighted by Gasteiger charge is 2.38. The number of nitrogen functional groups attached to an aromatic ring is 1. The number of carbonyl (C=O) groups is 2. The Morgan fingerprint density at radius 2 is 2.09 bits per heavy atom. The minimum Gasteiger partial charge on any atom is -0.384 e. The lowest BCUT2D eigenvalue weighted by atomic mass is 10.1. The van der Waals surface area contributed by atoms with Crippen LogP contribution in [0, 0.1) is 5.92 Å². The van der Waals surface area contributed by atoms with Gasteiger partial charge in [0.1, 0.15) is 11.9 Å². The fraction of sp³-hybridized carbons (Fsp3) is 0.533. The van der Waals surface area contributed by atoms with Crippen LogP contribution in [0.4, 0.5) is 11.5 Å². The highest BCUT2D eigenvalue weighted by molar-refractivity contribution is 7.99. The van der Waals surface area contributed by atoms with Crippen LogP contribution in [0.1, 0.15) is 25.7 Å². The molecule has 1 saturated heterocycles. The van der Waals surface area contributed by atoms with Crippen LogP contribution < -0.4 is 11.1 Å². The molecule has 2 fully saturated rings. The van der Waals surface area contributed by atoms with Crippen LogP contribution in [0.25, 0.3) is 0 Å². The number of hydrogen-bond donors (Lipinski definition) is 2. The van der Waals surface area contributed by atoms with Gasteiger partial charge in [-0.25, -0.2) is 4.98 Å². The molecule has 1 aromatic heterocycles. The van der Waals surface area contributed by atoms with Gasteiger partial charge in [-0.1, -0.05) is 12.8 Å². The summed E-state index contributed by atoms with van der Waals surface area (Å²) in [5, 5.41) is 2.82. The summed E-state index contributed by atoms with van der Waals surface area (Å²) in [7, 11) is 0. The molecule has 1 atom stereocenters. The van der Waals surface area contributed by atoms with Crippen molar-refractivity contribution in [2.24, 2.45) is 5.92 Å². The van der Waals surface area contributed by atoms with Gasteiger partial charge in [0, 0.05) is 11.7 Å². The van der Waals surface area contributed by atoms with Gasteiger partial charge in [-0.15, -0.1) is 11.8 Å². The highest BCUT2D eigenvalue weighted by atomic mass is 32.2. The first-order valence-corrected chi connectivity index (χ1v) is 8.71. The van der Waals surface area contributed by atoms with Gasteiger partial charge < -0.3 is 16.0 Å². The first-order chi connectivity index (χ1) is 10.6. The lowest BCUT2D eigenvalue weighted by Gasteiger charge is -2.25. The topological polar surface area (TPSA) is 88.3 Å². The molecule has 3 rings (SSSR count). The monoisotopic (exact) mass is 320 g/mol. The molecule has 0 spiro atoms. The number of carbonyl (C=O) groups excluding carboxylic acids is 2. The number of aromatic nitrogens is 1. The molecule has 2 aliphatic rings. The van der Waals surface area contributed by atoms with Crippen LogP contribution in [0.2, 0.25) is 0 Å². The van der Waals surface area contributed by atoms with E-state index in [4.69, 9.17) is 5.73 Å². The van der Waals surface area contributed by atoms with Crippen molar-refractivity contribution < 1.29 is 9.59 Å². The smallest absolute Gasteiger partial charge is 0.248 e. The van der Waals surface area contributed by atoms with E-state index < -0.39 is 6.04 Å². The molecule has 1 aliphatic carbocycles. The second-order valence-electron chi connectivity index (χ2n) is 5.77. The summed E-state index contributed by atoms with van der Waals surface area (Å²) in [6.45, 7) is 0. The summed E-state index contributed by atoms with van der Waals surface area (Å²) in [6, 6.07) is 2.96. The largest absolute Gasteiger partial charge is 0.384 e. The maximum Gasteiger partial charge on any atom is 0.248 e. The number of nitrogens with one attached hydrogen (secondary N) is 1. The third-order valence-electron chi connectivity index (χ3n) is 4.23. The van der Waals surface area contributed by atoms with Crippen molar-refractivity contribution in [1.82, 2.24) is 9.88 Å². The Morgan fingerprint density at radius 3 is 2.77 bits per heavy atom. The molecule has 1 unspecified atom stereocenters. The molecule has 118 valence electrons. The molecule has 0 bridgehead atoms. The van der Waals surface area contributed by atoms with Gasteiger partial charge >= 0.3 is 0 Å². The Morgan fingerprint density at radius 1 is 1.32 bits per heavy atom. The van der Waals surface area contributed by atoms with Crippen molar-refractivity contribution in [2.45, 2.75) is 31.7 Å². The highest BCUT2D eigenvalue weighted by Crippen LogP contribution is 2.31. The Bertz CT molecular complexity index is 557. The number of hydrogen-bond acceptors (Lipinski definition) is 5.